The molecule has 2 fully saturated rings. The fourth-order valence-electron chi connectivity index (χ4n) is 3.29. The molecule has 1 aromatic heterocycles. The second-order valence-corrected chi connectivity index (χ2v) is 9.04. The first-order valence-corrected chi connectivity index (χ1v) is 10.5. The maximum atomic E-state index is 12.3. The van der Waals surface area contributed by atoms with Crippen LogP contribution in [0.5, 0.6) is 0 Å². The zero-order valence-corrected chi connectivity index (χ0v) is 15.3. The molecule has 0 bridgehead atoms. The summed E-state index contributed by atoms with van der Waals surface area (Å²) in [6.07, 6.45) is 3.81. The van der Waals surface area contributed by atoms with Gasteiger partial charge in [-0.3, -0.25) is 4.79 Å². The van der Waals surface area contributed by atoms with Crippen LogP contribution in [0.15, 0.2) is 10.6 Å². The molecule has 9 heteroatoms. The Morgan fingerprint density at radius 1 is 1.44 bits per heavy atom. The lowest BCUT2D eigenvalue weighted by Gasteiger charge is -2.36. The highest BCUT2D eigenvalue weighted by Crippen LogP contribution is 2.40. The molecule has 1 saturated carbocycles. The summed E-state index contributed by atoms with van der Waals surface area (Å²) in [6.45, 7) is 2.64. The highest BCUT2D eigenvalue weighted by Gasteiger charge is 2.34. The van der Waals surface area contributed by atoms with Gasteiger partial charge in [0.15, 0.2) is 5.69 Å². The van der Waals surface area contributed by atoms with Crippen LogP contribution in [0.4, 0.5) is 0 Å². The van der Waals surface area contributed by atoms with Gasteiger partial charge in [-0.15, -0.1) is 0 Å². The molecule has 0 unspecified atom stereocenters. The van der Waals surface area contributed by atoms with Crippen LogP contribution in [0, 0.1) is 0 Å². The van der Waals surface area contributed by atoms with Crippen LogP contribution in [0.3, 0.4) is 0 Å². The van der Waals surface area contributed by atoms with E-state index in [0.717, 1.165) is 18.6 Å². The van der Waals surface area contributed by atoms with Crippen LogP contribution in [0.25, 0.3) is 0 Å². The van der Waals surface area contributed by atoms with E-state index < -0.39 is 10.0 Å². The molecule has 2 aliphatic rings. The lowest BCUT2D eigenvalue weighted by atomic mass is 10.0. The van der Waals surface area contributed by atoms with Crippen molar-refractivity contribution < 1.29 is 17.7 Å². The Kier molecular flexibility index (Phi) is 5.45. The minimum Gasteiger partial charge on any atom is -0.360 e. The Hall–Kier alpha value is -1.45. The Labute approximate surface area is 148 Å². The molecule has 2 atom stereocenters. The summed E-state index contributed by atoms with van der Waals surface area (Å²) in [6, 6.07) is 1.49. The molecule has 1 amide bonds. The van der Waals surface area contributed by atoms with Gasteiger partial charge in [-0.1, -0.05) is 5.16 Å². The molecule has 3 N–H and O–H groups in total. The molecule has 2 heterocycles. The third-order valence-electron chi connectivity index (χ3n) is 4.85. The highest BCUT2D eigenvalue weighted by molar-refractivity contribution is 7.89. The molecular formula is C16H26N4O4S. The first-order valence-electron chi connectivity index (χ1n) is 8.87. The van der Waals surface area contributed by atoms with Gasteiger partial charge in [-0.25, -0.2) is 8.42 Å². The van der Waals surface area contributed by atoms with E-state index in [-0.39, 0.29) is 23.7 Å². The van der Waals surface area contributed by atoms with E-state index in [1.54, 1.807) is 6.07 Å². The number of hydrogen-bond acceptors (Lipinski definition) is 6. The maximum absolute atomic E-state index is 12.3. The first-order chi connectivity index (χ1) is 11.9. The van der Waals surface area contributed by atoms with Crippen molar-refractivity contribution in [2.75, 3.05) is 18.8 Å². The van der Waals surface area contributed by atoms with Crippen molar-refractivity contribution in [1.29, 1.82) is 0 Å². The lowest BCUT2D eigenvalue weighted by Crippen LogP contribution is -2.51. The molecule has 25 heavy (non-hydrogen) atoms. The molecule has 1 aliphatic heterocycles. The third-order valence-corrected chi connectivity index (χ3v) is 6.92. The van der Waals surface area contributed by atoms with Gasteiger partial charge in [-0.2, -0.15) is 4.31 Å². The molecule has 0 aromatic carbocycles. The van der Waals surface area contributed by atoms with Crippen LogP contribution in [-0.2, 0) is 10.0 Å². The number of carbonyl (C=O) groups excluding carboxylic acids is 1. The van der Waals surface area contributed by atoms with Gasteiger partial charge in [0.2, 0.25) is 10.0 Å². The van der Waals surface area contributed by atoms with Crippen LogP contribution in [-0.4, -0.2) is 54.7 Å². The maximum Gasteiger partial charge on any atom is 0.273 e. The number of nitrogens with one attached hydrogen (secondary N) is 1. The molecule has 1 aromatic rings. The van der Waals surface area contributed by atoms with Gasteiger partial charge in [0.1, 0.15) is 5.76 Å². The standard InChI is InChI=1S/C16H26N4O4S/c1-11-9-13(5-7-20(11)25(22,23)8-2-6-17)18-16(21)14-10-15(24-19-14)12-3-4-12/h10-13H,2-9,17H2,1H3,(H,18,21)/t11-,13+/m1/s1. The number of sulfonamides is 1. The average Bonchev–Trinajstić information content (AvgIpc) is 3.29. The minimum atomic E-state index is -3.28. The average molecular weight is 370 g/mol. The Balaban J connectivity index is 1.54. The number of nitrogens with zero attached hydrogens (tertiary/aromatic N) is 2. The fraction of sp³-hybridized carbons (Fsp3) is 0.750. The SMILES string of the molecule is C[C@@H]1C[C@@H](NC(=O)c2cc(C3CC3)on2)CCN1S(=O)(=O)CCCN. The van der Waals surface area contributed by atoms with Gasteiger partial charge < -0.3 is 15.6 Å². The Bertz CT molecular complexity index is 713. The van der Waals surface area contributed by atoms with Gasteiger partial charge in [0.25, 0.3) is 5.91 Å². The summed E-state index contributed by atoms with van der Waals surface area (Å²) in [5, 5.41) is 6.80. The summed E-state index contributed by atoms with van der Waals surface area (Å²) in [4.78, 5) is 12.3. The molecule has 0 spiro atoms. The summed E-state index contributed by atoms with van der Waals surface area (Å²) in [7, 11) is -3.28. The number of hydrogen-bond donors (Lipinski definition) is 2. The number of carbonyl (C=O) groups is 1. The summed E-state index contributed by atoms with van der Waals surface area (Å²) in [5.41, 5.74) is 5.71. The van der Waals surface area contributed by atoms with Crippen LogP contribution >= 0.6 is 0 Å². The molecule has 3 rings (SSSR count). The number of aromatic nitrogens is 1. The number of piperidine rings is 1. The fourth-order valence-corrected chi connectivity index (χ4v) is 5.08. The monoisotopic (exact) mass is 370 g/mol. The van der Waals surface area contributed by atoms with Gasteiger partial charge in [0, 0.05) is 30.6 Å². The van der Waals surface area contributed by atoms with E-state index in [9.17, 15) is 13.2 Å². The van der Waals surface area contributed by atoms with Crippen molar-refractivity contribution in [2.45, 2.75) is 57.0 Å². The molecular weight excluding hydrogens is 344 g/mol. The van der Waals surface area contributed by atoms with Gasteiger partial charge in [0.05, 0.1) is 5.75 Å². The smallest absolute Gasteiger partial charge is 0.273 e. The summed E-state index contributed by atoms with van der Waals surface area (Å²) >= 11 is 0. The van der Waals surface area contributed by atoms with Crippen LogP contribution in [0.2, 0.25) is 0 Å². The van der Waals surface area contributed by atoms with Gasteiger partial charge >= 0.3 is 0 Å². The van der Waals surface area contributed by atoms with Crippen LogP contribution in [0.1, 0.15) is 61.2 Å². The largest absolute Gasteiger partial charge is 0.360 e. The quantitative estimate of drug-likeness (QED) is 0.733. The van der Waals surface area contributed by atoms with Crippen molar-refractivity contribution in [3.05, 3.63) is 17.5 Å². The Morgan fingerprint density at radius 2 is 2.20 bits per heavy atom. The molecule has 0 radical (unpaired) electrons. The Morgan fingerprint density at radius 3 is 2.84 bits per heavy atom. The predicted octanol–water partition coefficient (Wildman–Crippen LogP) is 0.813. The number of nitrogens with two attached hydrogens (primary N) is 1. The van der Waals surface area contributed by atoms with Crippen molar-refractivity contribution in [1.82, 2.24) is 14.8 Å². The minimum absolute atomic E-state index is 0.0652. The van der Waals surface area contributed by atoms with E-state index in [1.807, 2.05) is 6.92 Å². The van der Waals surface area contributed by atoms with E-state index in [0.29, 0.717) is 44.0 Å². The van der Waals surface area contributed by atoms with Crippen molar-refractivity contribution in [3.8, 4) is 0 Å². The van der Waals surface area contributed by atoms with E-state index >= 15 is 0 Å². The van der Waals surface area contributed by atoms with Crippen molar-refractivity contribution in [3.63, 3.8) is 0 Å². The molecule has 8 nitrogen and oxygen atoms in total. The third kappa shape index (κ3) is 4.39. The summed E-state index contributed by atoms with van der Waals surface area (Å²) in [5.74, 6) is 1.01. The van der Waals surface area contributed by atoms with Gasteiger partial charge in [-0.05, 0) is 45.6 Å². The van der Waals surface area contributed by atoms with E-state index in [2.05, 4.69) is 10.5 Å². The molecule has 140 valence electrons. The van der Waals surface area contributed by atoms with E-state index in [4.69, 9.17) is 10.3 Å². The van der Waals surface area contributed by atoms with Crippen molar-refractivity contribution in [2.24, 2.45) is 5.73 Å². The van der Waals surface area contributed by atoms with E-state index in [1.165, 1.54) is 4.31 Å². The lowest BCUT2D eigenvalue weighted by molar-refractivity contribution is 0.0905. The second kappa shape index (κ2) is 7.43. The zero-order chi connectivity index (χ0) is 18.0. The number of amides is 1. The zero-order valence-electron chi connectivity index (χ0n) is 14.5. The molecule has 1 aliphatic carbocycles. The topological polar surface area (TPSA) is 119 Å². The second-order valence-electron chi connectivity index (χ2n) is 7.00. The first kappa shape index (κ1) is 18.3. The van der Waals surface area contributed by atoms with Crippen LogP contribution < -0.4 is 11.1 Å². The normalized spacial score (nSPS) is 25.0. The predicted molar refractivity (Wildman–Crippen MR) is 92.6 cm³/mol. The van der Waals surface area contributed by atoms with Crippen molar-refractivity contribution >= 4 is 15.9 Å². The highest BCUT2D eigenvalue weighted by atomic mass is 32.2. The number of rotatable bonds is 7. The summed E-state index contributed by atoms with van der Waals surface area (Å²) < 4.78 is 31.4. The molecule has 1 saturated heterocycles.